The molecule has 3 rings (SSSR count). The van der Waals surface area contributed by atoms with E-state index < -0.39 is 15.7 Å². The van der Waals surface area contributed by atoms with Crippen molar-refractivity contribution in [1.29, 1.82) is 0 Å². The van der Waals surface area contributed by atoms with Gasteiger partial charge in [0.1, 0.15) is 17.2 Å². The number of hydrogen-bond donors (Lipinski definition) is 1. The number of aryl methyl sites for hydroxylation is 1. The van der Waals surface area contributed by atoms with Gasteiger partial charge in [0, 0.05) is 12.3 Å². The van der Waals surface area contributed by atoms with Gasteiger partial charge in [0.15, 0.2) is 17.2 Å². The molecule has 0 aliphatic rings. The Morgan fingerprint density at radius 1 is 0.933 bits per heavy atom. The maximum Gasteiger partial charge on any atom is 0.259 e. The summed E-state index contributed by atoms with van der Waals surface area (Å²) in [7, 11) is -0.604. The molecule has 0 bridgehead atoms. The highest BCUT2D eigenvalue weighted by atomic mass is 32.2. The first kappa shape index (κ1) is 21.3. The van der Waals surface area contributed by atoms with Crippen LogP contribution in [0.15, 0.2) is 58.0 Å². The molecule has 3 aromatic rings. The van der Waals surface area contributed by atoms with E-state index in [1.165, 1.54) is 27.2 Å². The van der Waals surface area contributed by atoms with E-state index in [1.807, 2.05) is 0 Å². The number of benzene rings is 2. The largest absolute Gasteiger partial charge is 0.494 e. The minimum atomic E-state index is -3.59. The van der Waals surface area contributed by atoms with Gasteiger partial charge in [-0.05, 0) is 31.2 Å². The number of amides is 1. The van der Waals surface area contributed by atoms with Crippen molar-refractivity contribution in [2.75, 3.05) is 25.8 Å². The number of anilines is 1. The van der Waals surface area contributed by atoms with Crippen LogP contribution in [-0.4, -0.2) is 34.8 Å². The molecule has 8 nitrogen and oxygen atoms in total. The van der Waals surface area contributed by atoms with Crippen LogP contribution in [0.4, 0.5) is 5.69 Å². The molecule has 1 amide bonds. The Labute approximate surface area is 174 Å². The molecule has 0 radical (unpaired) electrons. The monoisotopic (exact) mass is 431 g/mol. The third-order valence-corrected chi connectivity index (χ3v) is 5.17. The third kappa shape index (κ3) is 4.41. The van der Waals surface area contributed by atoms with Crippen molar-refractivity contribution >= 4 is 21.4 Å². The van der Waals surface area contributed by atoms with Crippen molar-refractivity contribution < 1.29 is 31.8 Å². The number of hydrogen-bond acceptors (Lipinski definition) is 7. The van der Waals surface area contributed by atoms with Crippen LogP contribution in [0.1, 0.15) is 16.1 Å². The normalized spacial score (nSPS) is 11.1. The zero-order valence-electron chi connectivity index (χ0n) is 16.9. The lowest BCUT2D eigenvalue weighted by Crippen LogP contribution is -2.14. The highest BCUT2D eigenvalue weighted by Crippen LogP contribution is 2.40. The number of carbonyl (C=O) groups is 1. The lowest BCUT2D eigenvalue weighted by molar-refractivity contribution is 0.102. The molecule has 0 saturated heterocycles. The molecule has 0 aliphatic carbocycles. The topological polar surface area (TPSA) is 104 Å². The van der Waals surface area contributed by atoms with E-state index in [-0.39, 0.29) is 22.1 Å². The first-order chi connectivity index (χ1) is 14.2. The van der Waals surface area contributed by atoms with Crippen molar-refractivity contribution in [3.05, 3.63) is 59.9 Å². The van der Waals surface area contributed by atoms with Gasteiger partial charge in [-0.15, -0.1) is 0 Å². The average molecular weight is 431 g/mol. The van der Waals surface area contributed by atoms with Crippen molar-refractivity contribution in [3.8, 4) is 23.0 Å². The van der Waals surface area contributed by atoms with E-state index in [0.717, 1.165) is 6.26 Å². The van der Waals surface area contributed by atoms with Crippen molar-refractivity contribution in [1.82, 2.24) is 0 Å². The van der Waals surface area contributed by atoms with E-state index >= 15 is 0 Å². The maximum absolute atomic E-state index is 12.9. The Morgan fingerprint density at radius 2 is 1.53 bits per heavy atom. The Balaban J connectivity index is 1.98. The second kappa shape index (κ2) is 8.50. The second-order valence-corrected chi connectivity index (χ2v) is 8.29. The molecule has 0 aliphatic heterocycles. The quantitative estimate of drug-likeness (QED) is 0.602. The third-order valence-electron chi connectivity index (χ3n) is 4.24. The summed E-state index contributed by atoms with van der Waals surface area (Å²) >= 11 is 0. The predicted octanol–water partition coefficient (Wildman–Crippen LogP) is 4.05. The number of para-hydroxylation sites is 3. The molecule has 1 aromatic heterocycles. The van der Waals surface area contributed by atoms with Crippen LogP contribution >= 0.6 is 0 Å². The number of carbonyl (C=O) groups excluding carboxylic acids is 1. The Kier molecular flexibility index (Phi) is 6.02. The van der Waals surface area contributed by atoms with Crippen LogP contribution < -0.4 is 19.5 Å². The number of ether oxygens (including phenoxy) is 3. The van der Waals surface area contributed by atoms with E-state index in [9.17, 15) is 13.2 Å². The van der Waals surface area contributed by atoms with Crippen LogP contribution in [0.3, 0.4) is 0 Å². The van der Waals surface area contributed by atoms with Gasteiger partial charge in [-0.2, -0.15) is 0 Å². The number of sulfone groups is 1. The predicted molar refractivity (Wildman–Crippen MR) is 111 cm³/mol. The van der Waals surface area contributed by atoms with Crippen molar-refractivity contribution in [2.45, 2.75) is 12.0 Å². The summed E-state index contributed by atoms with van der Waals surface area (Å²) in [5, 5.41) is 2.44. The van der Waals surface area contributed by atoms with E-state index in [4.69, 9.17) is 18.6 Å². The first-order valence-corrected chi connectivity index (χ1v) is 10.7. The van der Waals surface area contributed by atoms with Crippen LogP contribution in [0.25, 0.3) is 0 Å². The average Bonchev–Trinajstić information content (AvgIpc) is 3.12. The summed E-state index contributed by atoms with van der Waals surface area (Å²) in [6, 6.07) is 13.3. The van der Waals surface area contributed by atoms with Gasteiger partial charge < -0.3 is 23.9 Å². The molecular formula is C21H21NO7S. The molecule has 1 N–H and O–H groups in total. The molecule has 9 heteroatoms. The van der Waals surface area contributed by atoms with Crippen molar-refractivity contribution in [2.24, 2.45) is 0 Å². The van der Waals surface area contributed by atoms with Crippen LogP contribution in [0.2, 0.25) is 0 Å². The Bertz CT molecular complexity index is 1180. The lowest BCUT2D eigenvalue weighted by atomic mass is 10.2. The standard InChI is InChI=1S/C21H21NO7S/c1-13-14(12-19(28-13)30(4,24)25)21(23)22-20-17(27-3)10-7-11-18(20)29-16-9-6-5-8-15(16)26-2/h5-12H,1-4H3,(H,22,23). The summed E-state index contributed by atoms with van der Waals surface area (Å²) in [5.74, 6) is 1.25. The molecule has 0 atom stereocenters. The van der Waals surface area contributed by atoms with Gasteiger partial charge >= 0.3 is 0 Å². The van der Waals surface area contributed by atoms with Gasteiger partial charge in [0.25, 0.3) is 5.91 Å². The van der Waals surface area contributed by atoms with Crippen LogP contribution in [0.5, 0.6) is 23.0 Å². The fraction of sp³-hybridized carbons (Fsp3) is 0.190. The smallest absolute Gasteiger partial charge is 0.259 e. The summed E-state index contributed by atoms with van der Waals surface area (Å²) in [6.07, 6.45) is 1.01. The van der Waals surface area contributed by atoms with Gasteiger partial charge in [0.05, 0.1) is 19.8 Å². The minimum Gasteiger partial charge on any atom is -0.494 e. The van der Waals surface area contributed by atoms with E-state index in [1.54, 1.807) is 42.5 Å². The summed E-state index contributed by atoms with van der Waals surface area (Å²) in [6.45, 7) is 1.51. The lowest BCUT2D eigenvalue weighted by Gasteiger charge is -2.16. The van der Waals surface area contributed by atoms with Crippen molar-refractivity contribution in [3.63, 3.8) is 0 Å². The fourth-order valence-corrected chi connectivity index (χ4v) is 3.36. The molecule has 0 unspecified atom stereocenters. The number of nitrogens with one attached hydrogen (secondary N) is 1. The second-order valence-electron chi connectivity index (χ2n) is 6.35. The maximum atomic E-state index is 12.9. The molecule has 30 heavy (non-hydrogen) atoms. The molecule has 1 heterocycles. The SMILES string of the molecule is COc1ccccc1Oc1cccc(OC)c1NC(=O)c1cc(S(C)(=O)=O)oc1C. The minimum absolute atomic E-state index is 0.0876. The summed E-state index contributed by atoms with van der Waals surface area (Å²) in [5.41, 5.74) is 0.363. The molecule has 158 valence electrons. The van der Waals surface area contributed by atoms with Gasteiger partial charge in [-0.25, -0.2) is 8.42 Å². The Hall–Kier alpha value is -3.46. The van der Waals surface area contributed by atoms with Crippen LogP contribution in [-0.2, 0) is 9.84 Å². The zero-order valence-corrected chi connectivity index (χ0v) is 17.7. The number of rotatable bonds is 7. The van der Waals surface area contributed by atoms with Gasteiger partial charge in [-0.1, -0.05) is 18.2 Å². The van der Waals surface area contributed by atoms with E-state index in [0.29, 0.717) is 23.0 Å². The number of methoxy groups -OCH3 is 2. The molecule has 0 spiro atoms. The summed E-state index contributed by atoms with van der Waals surface area (Å²) in [4.78, 5) is 12.9. The molecular weight excluding hydrogens is 410 g/mol. The van der Waals surface area contributed by atoms with Gasteiger partial charge in [-0.3, -0.25) is 4.79 Å². The number of furan rings is 1. The van der Waals surface area contributed by atoms with Gasteiger partial charge in [0.2, 0.25) is 14.9 Å². The van der Waals surface area contributed by atoms with Crippen LogP contribution in [0, 0.1) is 6.92 Å². The van der Waals surface area contributed by atoms with E-state index in [2.05, 4.69) is 5.32 Å². The molecule has 2 aromatic carbocycles. The molecule has 0 fully saturated rings. The fourth-order valence-electron chi connectivity index (χ4n) is 2.75. The highest BCUT2D eigenvalue weighted by molar-refractivity contribution is 7.90. The molecule has 0 saturated carbocycles. The first-order valence-electron chi connectivity index (χ1n) is 8.84. The highest BCUT2D eigenvalue weighted by Gasteiger charge is 2.23. The Morgan fingerprint density at radius 3 is 2.13 bits per heavy atom. The summed E-state index contributed by atoms with van der Waals surface area (Å²) < 4.78 is 45.3. The zero-order chi connectivity index (χ0) is 21.9.